The lowest BCUT2D eigenvalue weighted by atomic mass is 9.99. The first-order valence-electron chi connectivity index (χ1n) is 10.5. The minimum atomic E-state index is -0.351. The van der Waals surface area contributed by atoms with E-state index in [0.717, 1.165) is 48.0 Å². The van der Waals surface area contributed by atoms with Gasteiger partial charge >= 0.3 is 0 Å². The molecule has 2 aromatic carbocycles. The predicted molar refractivity (Wildman–Crippen MR) is 120 cm³/mol. The van der Waals surface area contributed by atoms with E-state index < -0.39 is 0 Å². The third-order valence-corrected chi connectivity index (χ3v) is 5.95. The zero-order chi connectivity index (χ0) is 20.9. The molecule has 0 saturated carbocycles. The highest BCUT2D eigenvalue weighted by molar-refractivity contribution is 6.30. The second kappa shape index (κ2) is 9.59. The van der Waals surface area contributed by atoms with Gasteiger partial charge in [0.05, 0.1) is 0 Å². The summed E-state index contributed by atoms with van der Waals surface area (Å²) >= 11 is 5.92. The van der Waals surface area contributed by atoms with Crippen LogP contribution in [-0.2, 0) is 0 Å². The maximum atomic E-state index is 14.7. The smallest absolute Gasteiger partial charge is 0.150 e. The van der Waals surface area contributed by atoms with Crippen molar-refractivity contribution in [3.63, 3.8) is 0 Å². The predicted octanol–water partition coefficient (Wildman–Crippen LogP) is 6.32. The normalized spacial score (nSPS) is 15.3. The molecule has 0 atom stereocenters. The number of likely N-dealkylation sites (tertiary alicyclic amines) is 1. The third kappa shape index (κ3) is 5.18. The fourth-order valence-electron chi connectivity index (χ4n) is 3.74. The number of pyridine rings is 1. The van der Waals surface area contributed by atoms with E-state index in [1.165, 1.54) is 18.9 Å². The Balaban J connectivity index is 1.37. The van der Waals surface area contributed by atoms with Gasteiger partial charge in [-0.1, -0.05) is 30.7 Å². The van der Waals surface area contributed by atoms with Crippen LogP contribution in [0.4, 0.5) is 4.39 Å². The zero-order valence-corrected chi connectivity index (χ0v) is 17.9. The Bertz CT molecular complexity index is 967. The van der Waals surface area contributed by atoms with Gasteiger partial charge < -0.3 is 4.74 Å². The van der Waals surface area contributed by atoms with Gasteiger partial charge in [0.2, 0.25) is 0 Å². The first kappa shape index (κ1) is 20.8. The Hall–Kier alpha value is -2.43. The number of benzene rings is 2. The molecular weight excluding hydrogens is 399 g/mol. The van der Waals surface area contributed by atoms with Crippen LogP contribution in [0.2, 0.25) is 5.02 Å². The Labute approximate surface area is 182 Å². The summed E-state index contributed by atoms with van der Waals surface area (Å²) in [6, 6.07) is 16.3. The Kier molecular flexibility index (Phi) is 6.66. The SMILES string of the molecule is CC1CCN(CCOc2ccc(-c3ncc(-c4ccc(Cl)cc4)cc3F)cc2)CC1. The molecule has 1 fully saturated rings. The largest absolute Gasteiger partial charge is 0.492 e. The Morgan fingerprint density at radius 1 is 1.00 bits per heavy atom. The molecule has 0 amide bonds. The molecule has 5 heteroatoms. The molecular formula is C25H26ClFN2O. The molecule has 2 heterocycles. The molecule has 4 rings (SSSR count). The molecule has 156 valence electrons. The number of ether oxygens (including phenoxy) is 1. The van der Waals surface area contributed by atoms with Gasteiger partial charge in [-0.2, -0.15) is 0 Å². The summed E-state index contributed by atoms with van der Waals surface area (Å²) in [5.74, 6) is 1.28. The van der Waals surface area contributed by atoms with Gasteiger partial charge in [-0.05, 0) is 79.9 Å². The molecule has 1 aliphatic heterocycles. The molecule has 0 unspecified atom stereocenters. The first-order chi connectivity index (χ1) is 14.6. The molecule has 0 aliphatic carbocycles. The van der Waals surface area contributed by atoms with Crippen LogP contribution in [0.25, 0.3) is 22.4 Å². The molecule has 1 saturated heterocycles. The molecule has 30 heavy (non-hydrogen) atoms. The highest BCUT2D eigenvalue weighted by Crippen LogP contribution is 2.27. The van der Waals surface area contributed by atoms with Gasteiger partial charge in [0.25, 0.3) is 0 Å². The van der Waals surface area contributed by atoms with E-state index in [1.807, 2.05) is 36.4 Å². The first-order valence-corrected chi connectivity index (χ1v) is 10.8. The monoisotopic (exact) mass is 424 g/mol. The zero-order valence-electron chi connectivity index (χ0n) is 17.2. The van der Waals surface area contributed by atoms with Gasteiger partial charge in [0, 0.05) is 28.9 Å². The van der Waals surface area contributed by atoms with E-state index in [0.29, 0.717) is 17.3 Å². The highest BCUT2D eigenvalue weighted by Gasteiger charge is 2.15. The Morgan fingerprint density at radius 2 is 1.67 bits per heavy atom. The molecule has 1 aliphatic rings. The van der Waals surface area contributed by atoms with Crippen molar-refractivity contribution >= 4 is 11.6 Å². The van der Waals surface area contributed by atoms with Gasteiger partial charge in [-0.3, -0.25) is 9.88 Å². The van der Waals surface area contributed by atoms with Crippen LogP contribution >= 0.6 is 11.6 Å². The van der Waals surface area contributed by atoms with E-state index in [4.69, 9.17) is 16.3 Å². The second-order valence-electron chi connectivity index (χ2n) is 7.96. The summed E-state index contributed by atoms with van der Waals surface area (Å²) in [5, 5.41) is 0.650. The standard InChI is InChI=1S/C25H26ClFN2O/c1-18-10-12-29(13-11-18)14-15-30-23-8-4-20(5-9-23)25-24(27)16-21(17-28-25)19-2-6-22(26)7-3-19/h2-9,16-18H,10-15H2,1H3. The summed E-state index contributed by atoms with van der Waals surface area (Å²) in [6.07, 6.45) is 4.22. The molecule has 0 radical (unpaired) electrons. The van der Waals surface area contributed by atoms with E-state index in [9.17, 15) is 4.39 Å². The van der Waals surface area contributed by atoms with Crippen molar-refractivity contribution in [2.24, 2.45) is 5.92 Å². The minimum Gasteiger partial charge on any atom is -0.492 e. The van der Waals surface area contributed by atoms with Crippen LogP contribution in [0.1, 0.15) is 19.8 Å². The maximum Gasteiger partial charge on any atom is 0.150 e. The third-order valence-electron chi connectivity index (χ3n) is 5.70. The van der Waals surface area contributed by atoms with Crippen LogP contribution in [0.15, 0.2) is 60.8 Å². The van der Waals surface area contributed by atoms with E-state index in [2.05, 4.69) is 16.8 Å². The van der Waals surface area contributed by atoms with Crippen LogP contribution in [0.5, 0.6) is 5.75 Å². The summed E-state index contributed by atoms with van der Waals surface area (Å²) in [6.45, 7) is 6.23. The van der Waals surface area contributed by atoms with Crippen molar-refractivity contribution in [2.75, 3.05) is 26.2 Å². The van der Waals surface area contributed by atoms with E-state index in [-0.39, 0.29) is 5.82 Å². The van der Waals surface area contributed by atoms with Crippen molar-refractivity contribution in [1.29, 1.82) is 0 Å². The number of aromatic nitrogens is 1. The van der Waals surface area contributed by atoms with Crippen molar-refractivity contribution in [3.05, 3.63) is 71.6 Å². The number of halogens is 2. The van der Waals surface area contributed by atoms with Gasteiger partial charge in [-0.25, -0.2) is 4.39 Å². The van der Waals surface area contributed by atoms with Gasteiger partial charge in [-0.15, -0.1) is 0 Å². The van der Waals surface area contributed by atoms with Crippen LogP contribution in [-0.4, -0.2) is 36.1 Å². The summed E-state index contributed by atoms with van der Waals surface area (Å²) in [5.41, 5.74) is 2.67. The van der Waals surface area contributed by atoms with Crippen molar-refractivity contribution < 1.29 is 9.13 Å². The lowest BCUT2D eigenvalue weighted by molar-refractivity contribution is 0.160. The fraction of sp³-hybridized carbons (Fsp3) is 0.320. The topological polar surface area (TPSA) is 25.4 Å². The van der Waals surface area contributed by atoms with Gasteiger partial charge in [0.1, 0.15) is 23.9 Å². The quantitative estimate of drug-likeness (QED) is 0.463. The highest BCUT2D eigenvalue weighted by atomic mass is 35.5. The number of hydrogen-bond donors (Lipinski definition) is 0. The fourth-order valence-corrected chi connectivity index (χ4v) is 3.86. The van der Waals surface area contributed by atoms with Crippen LogP contribution in [0.3, 0.4) is 0 Å². The molecule has 3 aromatic rings. The second-order valence-corrected chi connectivity index (χ2v) is 8.39. The summed E-state index contributed by atoms with van der Waals surface area (Å²) in [7, 11) is 0. The van der Waals surface area contributed by atoms with Crippen molar-refractivity contribution in [3.8, 4) is 28.1 Å². The number of piperidine rings is 1. The molecule has 0 N–H and O–H groups in total. The average molecular weight is 425 g/mol. The van der Waals surface area contributed by atoms with Crippen LogP contribution < -0.4 is 4.74 Å². The van der Waals surface area contributed by atoms with Crippen LogP contribution in [0, 0.1) is 11.7 Å². The molecule has 1 aromatic heterocycles. The minimum absolute atomic E-state index is 0.335. The van der Waals surface area contributed by atoms with E-state index >= 15 is 0 Å². The lowest BCUT2D eigenvalue weighted by Gasteiger charge is -2.29. The summed E-state index contributed by atoms with van der Waals surface area (Å²) < 4.78 is 20.6. The van der Waals surface area contributed by atoms with Crippen molar-refractivity contribution in [2.45, 2.75) is 19.8 Å². The maximum absolute atomic E-state index is 14.7. The van der Waals surface area contributed by atoms with Gasteiger partial charge in [0.15, 0.2) is 0 Å². The molecule has 3 nitrogen and oxygen atoms in total. The average Bonchev–Trinajstić information content (AvgIpc) is 2.76. The number of hydrogen-bond acceptors (Lipinski definition) is 3. The lowest BCUT2D eigenvalue weighted by Crippen LogP contribution is -2.35. The number of rotatable bonds is 6. The Morgan fingerprint density at radius 3 is 2.33 bits per heavy atom. The summed E-state index contributed by atoms with van der Waals surface area (Å²) in [4.78, 5) is 6.81. The van der Waals surface area contributed by atoms with Crippen molar-refractivity contribution in [1.82, 2.24) is 9.88 Å². The number of nitrogens with zero attached hydrogens (tertiary/aromatic N) is 2. The van der Waals surface area contributed by atoms with E-state index in [1.54, 1.807) is 18.3 Å². The molecule has 0 spiro atoms. The molecule has 0 bridgehead atoms.